The zero-order chi connectivity index (χ0) is 16.6. The number of carbonyl (C=O) groups is 3. The summed E-state index contributed by atoms with van der Waals surface area (Å²) in [5.74, 6) is -0.643. The third-order valence-electron chi connectivity index (χ3n) is 5.64. The van der Waals surface area contributed by atoms with Crippen molar-refractivity contribution in [2.45, 2.75) is 57.9 Å². The molecule has 3 aliphatic rings. The van der Waals surface area contributed by atoms with Crippen LogP contribution in [0.3, 0.4) is 0 Å². The molecule has 3 rings (SSSR count). The van der Waals surface area contributed by atoms with Crippen molar-refractivity contribution in [2.75, 3.05) is 26.7 Å². The highest BCUT2D eigenvalue weighted by Crippen LogP contribution is 2.35. The molecule has 2 saturated heterocycles. The number of hydrogen-bond donors (Lipinski definition) is 0. The van der Waals surface area contributed by atoms with Crippen molar-refractivity contribution < 1.29 is 14.4 Å². The highest BCUT2D eigenvalue weighted by molar-refractivity contribution is 6.19. The van der Waals surface area contributed by atoms with Gasteiger partial charge in [0, 0.05) is 19.6 Å². The van der Waals surface area contributed by atoms with Crippen LogP contribution in [0, 0.1) is 5.41 Å². The first-order chi connectivity index (χ1) is 10.9. The second-order valence-electron chi connectivity index (χ2n) is 7.43. The maximum atomic E-state index is 13.1. The van der Waals surface area contributed by atoms with Gasteiger partial charge < -0.3 is 4.90 Å². The molecule has 4 amide bonds. The Morgan fingerprint density at radius 2 is 1.57 bits per heavy atom. The Morgan fingerprint density at radius 1 is 0.957 bits per heavy atom. The van der Waals surface area contributed by atoms with Crippen molar-refractivity contribution in [3.05, 3.63) is 0 Å². The van der Waals surface area contributed by atoms with E-state index in [1.54, 1.807) is 6.92 Å². The summed E-state index contributed by atoms with van der Waals surface area (Å²) in [4.78, 5) is 43.2. The molecular weight excluding hydrogens is 294 g/mol. The minimum absolute atomic E-state index is 0.0443. The van der Waals surface area contributed by atoms with E-state index < -0.39 is 11.4 Å². The van der Waals surface area contributed by atoms with Gasteiger partial charge in [0.05, 0.1) is 0 Å². The number of urea groups is 1. The zero-order valence-electron chi connectivity index (χ0n) is 14.2. The van der Waals surface area contributed by atoms with E-state index in [1.165, 1.54) is 11.9 Å². The van der Waals surface area contributed by atoms with E-state index in [4.69, 9.17) is 0 Å². The second-order valence-corrected chi connectivity index (χ2v) is 7.43. The Morgan fingerprint density at radius 3 is 2.17 bits per heavy atom. The third-order valence-corrected chi connectivity index (χ3v) is 5.64. The van der Waals surface area contributed by atoms with Crippen LogP contribution in [0.4, 0.5) is 4.79 Å². The van der Waals surface area contributed by atoms with Crippen LogP contribution < -0.4 is 0 Å². The molecule has 3 fully saturated rings. The van der Waals surface area contributed by atoms with Crippen LogP contribution in [0.15, 0.2) is 0 Å². The summed E-state index contributed by atoms with van der Waals surface area (Å²) in [6.45, 7) is 3.99. The lowest BCUT2D eigenvalue weighted by molar-refractivity contribution is -0.159. The molecule has 6 nitrogen and oxygen atoms in total. The van der Waals surface area contributed by atoms with Crippen molar-refractivity contribution in [3.63, 3.8) is 0 Å². The number of carbonyl (C=O) groups excluding carboxylic acids is 3. The molecule has 0 aromatic rings. The molecule has 0 bridgehead atoms. The van der Waals surface area contributed by atoms with E-state index in [1.807, 2.05) is 0 Å². The van der Waals surface area contributed by atoms with Crippen LogP contribution in [0.5, 0.6) is 0 Å². The molecule has 1 aliphatic carbocycles. The number of barbiturate groups is 1. The molecule has 2 heterocycles. The normalized spacial score (nSPS) is 31.3. The van der Waals surface area contributed by atoms with Gasteiger partial charge in [-0.05, 0) is 45.7 Å². The highest BCUT2D eigenvalue weighted by Gasteiger charge is 2.55. The van der Waals surface area contributed by atoms with Crippen LogP contribution in [0.1, 0.15) is 51.9 Å². The molecule has 0 aromatic heterocycles. The van der Waals surface area contributed by atoms with Crippen LogP contribution in [-0.4, -0.2) is 65.3 Å². The summed E-state index contributed by atoms with van der Waals surface area (Å²) >= 11 is 0. The third kappa shape index (κ3) is 2.77. The minimum atomic E-state index is -1.13. The minimum Gasteiger partial charge on any atom is -0.302 e. The smallest absolute Gasteiger partial charge is 0.302 e. The van der Waals surface area contributed by atoms with Crippen molar-refractivity contribution in [2.24, 2.45) is 5.41 Å². The number of likely N-dealkylation sites (tertiary alicyclic amines) is 1. The predicted molar refractivity (Wildman–Crippen MR) is 85.7 cm³/mol. The number of amides is 4. The van der Waals surface area contributed by atoms with E-state index in [0.717, 1.165) is 62.9 Å². The summed E-state index contributed by atoms with van der Waals surface area (Å²) in [5, 5.41) is 0. The largest absolute Gasteiger partial charge is 0.333 e. The molecule has 0 unspecified atom stereocenters. The highest BCUT2D eigenvalue weighted by atomic mass is 16.2. The van der Waals surface area contributed by atoms with Crippen LogP contribution in [0.25, 0.3) is 0 Å². The van der Waals surface area contributed by atoms with E-state index in [0.29, 0.717) is 6.54 Å². The quantitative estimate of drug-likeness (QED) is 0.744. The van der Waals surface area contributed by atoms with Gasteiger partial charge in [0.25, 0.3) is 0 Å². The second kappa shape index (κ2) is 6.23. The number of imide groups is 2. The fourth-order valence-corrected chi connectivity index (χ4v) is 4.25. The van der Waals surface area contributed by atoms with Gasteiger partial charge in [0.2, 0.25) is 11.8 Å². The molecular formula is C17H27N3O3. The van der Waals surface area contributed by atoms with Gasteiger partial charge >= 0.3 is 6.03 Å². The summed E-state index contributed by atoms with van der Waals surface area (Å²) in [6, 6.07) is -0.483. The first kappa shape index (κ1) is 16.4. The van der Waals surface area contributed by atoms with Gasteiger partial charge in [-0.25, -0.2) is 4.79 Å². The van der Waals surface area contributed by atoms with Gasteiger partial charge in [-0.3, -0.25) is 19.4 Å². The predicted octanol–water partition coefficient (Wildman–Crippen LogP) is 1.84. The van der Waals surface area contributed by atoms with Crippen molar-refractivity contribution in [1.82, 2.24) is 14.7 Å². The Kier molecular flexibility index (Phi) is 4.45. The van der Waals surface area contributed by atoms with E-state index in [2.05, 4.69) is 4.90 Å². The van der Waals surface area contributed by atoms with E-state index >= 15 is 0 Å². The monoisotopic (exact) mass is 321 g/mol. The summed E-state index contributed by atoms with van der Waals surface area (Å²) in [5.41, 5.74) is -1.13. The lowest BCUT2D eigenvalue weighted by atomic mass is 9.82. The Labute approximate surface area is 137 Å². The van der Waals surface area contributed by atoms with Crippen LogP contribution >= 0.6 is 0 Å². The van der Waals surface area contributed by atoms with Gasteiger partial charge in [0.15, 0.2) is 0 Å². The topological polar surface area (TPSA) is 60.9 Å². The molecule has 1 atom stereocenters. The Balaban J connectivity index is 1.86. The van der Waals surface area contributed by atoms with E-state index in [9.17, 15) is 14.4 Å². The van der Waals surface area contributed by atoms with E-state index in [-0.39, 0.29) is 17.9 Å². The van der Waals surface area contributed by atoms with Crippen LogP contribution in [-0.2, 0) is 9.59 Å². The molecule has 23 heavy (non-hydrogen) atoms. The molecule has 0 aromatic carbocycles. The summed E-state index contributed by atoms with van der Waals surface area (Å²) < 4.78 is 0. The molecule has 2 aliphatic heterocycles. The maximum absolute atomic E-state index is 13.1. The Bertz CT molecular complexity index is 509. The fraction of sp³-hybridized carbons (Fsp3) is 0.824. The van der Waals surface area contributed by atoms with Gasteiger partial charge in [-0.15, -0.1) is 0 Å². The van der Waals surface area contributed by atoms with Gasteiger partial charge in [-0.2, -0.15) is 0 Å². The Hall–Kier alpha value is -1.43. The summed E-state index contributed by atoms with van der Waals surface area (Å²) in [7, 11) is 1.51. The average molecular weight is 321 g/mol. The number of nitrogens with zero attached hydrogens (tertiary/aromatic N) is 3. The summed E-state index contributed by atoms with van der Waals surface area (Å²) in [6.07, 6.45) is 7.19. The molecule has 0 spiro atoms. The molecule has 0 N–H and O–H groups in total. The molecule has 6 heteroatoms. The fourth-order valence-electron chi connectivity index (χ4n) is 4.25. The van der Waals surface area contributed by atoms with Gasteiger partial charge in [-0.1, -0.05) is 19.3 Å². The standard InChI is InChI=1S/C17H27N3O3/c1-17(12-19-10-6-7-11-19)14(21)18(2)16(23)20(15(17)22)13-8-4-3-5-9-13/h13H,3-12H2,1-2H3/t17-/m1/s1. The number of hydrogen-bond acceptors (Lipinski definition) is 4. The lowest BCUT2D eigenvalue weighted by Gasteiger charge is -2.45. The maximum Gasteiger partial charge on any atom is 0.333 e. The molecule has 128 valence electrons. The zero-order valence-corrected chi connectivity index (χ0v) is 14.2. The van der Waals surface area contributed by atoms with Crippen LogP contribution in [0.2, 0.25) is 0 Å². The van der Waals surface area contributed by atoms with Gasteiger partial charge in [0.1, 0.15) is 5.41 Å². The van der Waals surface area contributed by atoms with Crippen molar-refractivity contribution in [3.8, 4) is 0 Å². The SMILES string of the molecule is CN1C(=O)N(C2CCCCC2)C(=O)[C@](C)(CN2CCCC2)C1=O. The molecule has 0 radical (unpaired) electrons. The average Bonchev–Trinajstić information content (AvgIpc) is 3.06. The lowest BCUT2D eigenvalue weighted by Crippen LogP contribution is -2.67. The molecule has 1 saturated carbocycles. The first-order valence-electron chi connectivity index (χ1n) is 8.83. The van der Waals surface area contributed by atoms with Crippen molar-refractivity contribution >= 4 is 17.8 Å². The van der Waals surface area contributed by atoms with Crippen molar-refractivity contribution in [1.29, 1.82) is 0 Å². The number of rotatable bonds is 3. The first-order valence-corrected chi connectivity index (χ1v) is 8.83.